The van der Waals surface area contributed by atoms with Crippen molar-refractivity contribution in [1.29, 1.82) is 0 Å². The average Bonchev–Trinajstić information content (AvgIpc) is 3.05. The summed E-state index contributed by atoms with van der Waals surface area (Å²) in [6, 6.07) is 15.3. The van der Waals surface area contributed by atoms with Crippen molar-refractivity contribution in [3.8, 4) is 11.5 Å². The number of ether oxygens (including phenoxy) is 2. The normalized spacial score (nSPS) is 10.6. The van der Waals surface area contributed by atoms with Gasteiger partial charge in [-0.1, -0.05) is 12.1 Å². The molecule has 0 spiro atoms. The van der Waals surface area contributed by atoms with Gasteiger partial charge in [-0.05, 0) is 48.4 Å². The lowest BCUT2D eigenvalue weighted by Gasteiger charge is -2.06. The van der Waals surface area contributed by atoms with Gasteiger partial charge in [-0.15, -0.1) is 0 Å². The second-order valence-corrected chi connectivity index (χ2v) is 5.49. The van der Waals surface area contributed by atoms with Crippen LogP contribution < -0.4 is 14.8 Å². The lowest BCUT2D eigenvalue weighted by Crippen LogP contribution is -2.25. The third-order valence-electron chi connectivity index (χ3n) is 3.91. The maximum Gasteiger partial charge on any atom is 0.267 e. The Bertz CT molecular complexity index is 855. The quantitative estimate of drug-likeness (QED) is 0.732. The number of methoxy groups -OCH3 is 2. The van der Waals surface area contributed by atoms with Gasteiger partial charge in [0.15, 0.2) is 0 Å². The molecule has 0 bridgehead atoms. The number of hydrogen-bond donors (Lipinski definition) is 2. The predicted octanol–water partition coefficient (Wildman–Crippen LogP) is 3.16. The van der Waals surface area contributed by atoms with Gasteiger partial charge in [0.05, 0.1) is 14.2 Å². The van der Waals surface area contributed by atoms with Crippen molar-refractivity contribution < 1.29 is 14.3 Å². The molecule has 1 amide bonds. The minimum Gasteiger partial charge on any atom is -0.497 e. The molecule has 2 aromatic carbocycles. The zero-order valence-corrected chi connectivity index (χ0v) is 13.8. The molecule has 124 valence electrons. The molecule has 0 aliphatic heterocycles. The van der Waals surface area contributed by atoms with Gasteiger partial charge in [0, 0.05) is 17.4 Å². The Balaban J connectivity index is 1.62. The highest BCUT2D eigenvalue weighted by atomic mass is 16.5. The number of H-pyrrole nitrogens is 1. The van der Waals surface area contributed by atoms with Crippen LogP contribution in [0.3, 0.4) is 0 Å². The summed E-state index contributed by atoms with van der Waals surface area (Å²) in [5.41, 5.74) is 2.58. The molecule has 1 aromatic heterocycles. The Kier molecular flexibility index (Phi) is 4.70. The first-order chi connectivity index (χ1) is 11.7. The topological polar surface area (TPSA) is 63.4 Å². The van der Waals surface area contributed by atoms with Crippen molar-refractivity contribution in [2.45, 2.75) is 6.42 Å². The number of hydrogen-bond acceptors (Lipinski definition) is 3. The van der Waals surface area contributed by atoms with Crippen LogP contribution in [0.15, 0.2) is 48.5 Å². The fourth-order valence-corrected chi connectivity index (χ4v) is 2.60. The van der Waals surface area contributed by atoms with E-state index in [0.717, 1.165) is 34.4 Å². The second kappa shape index (κ2) is 7.08. The summed E-state index contributed by atoms with van der Waals surface area (Å²) >= 11 is 0. The number of carbonyl (C=O) groups excluding carboxylic acids is 1. The minimum atomic E-state index is -0.118. The summed E-state index contributed by atoms with van der Waals surface area (Å²) in [6.07, 6.45) is 0.747. The zero-order valence-electron chi connectivity index (χ0n) is 13.8. The molecule has 0 aliphatic carbocycles. The van der Waals surface area contributed by atoms with E-state index in [4.69, 9.17) is 9.47 Å². The molecule has 0 unspecified atom stereocenters. The number of benzene rings is 2. The standard InChI is InChI=1S/C19H20N2O3/c1-23-15-5-3-4-13(10-15)8-9-20-19(22)18-12-14-11-16(24-2)6-7-17(14)21-18/h3-7,10-12,21H,8-9H2,1-2H3,(H,20,22). The fourth-order valence-electron chi connectivity index (χ4n) is 2.60. The number of aromatic amines is 1. The number of aromatic nitrogens is 1. The van der Waals surface area contributed by atoms with E-state index in [2.05, 4.69) is 10.3 Å². The van der Waals surface area contributed by atoms with Gasteiger partial charge in [-0.3, -0.25) is 4.79 Å². The van der Waals surface area contributed by atoms with E-state index < -0.39 is 0 Å². The largest absolute Gasteiger partial charge is 0.497 e. The monoisotopic (exact) mass is 324 g/mol. The highest BCUT2D eigenvalue weighted by Crippen LogP contribution is 2.21. The molecule has 1 heterocycles. The maximum absolute atomic E-state index is 12.3. The molecule has 2 N–H and O–H groups in total. The van der Waals surface area contributed by atoms with Crippen LogP contribution in [-0.2, 0) is 6.42 Å². The Morgan fingerprint density at radius 3 is 2.62 bits per heavy atom. The van der Waals surface area contributed by atoms with Crippen LogP contribution in [0.5, 0.6) is 11.5 Å². The van der Waals surface area contributed by atoms with Gasteiger partial charge < -0.3 is 19.8 Å². The van der Waals surface area contributed by atoms with Crippen molar-refractivity contribution >= 4 is 16.8 Å². The lowest BCUT2D eigenvalue weighted by atomic mass is 10.1. The number of fused-ring (bicyclic) bond motifs is 1. The molecular formula is C19H20N2O3. The van der Waals surface area contributed by atoms with E-state index in [1.54, 1.807) is 14.2 Å². The summed E-state index contributed by atoms with van der Waals surface area (Å²) in [5.74, 6) is 1.47. The summed E-state index contributed by atoms with van der Waals surface area (Å²) in [4.78, 5) is 15.4. The van der Waals surface area contributed by atoms with Gasteiger partial charge in [0.1, 0.15) is 17.2 Å². The summed E-state index contributed by atoms with van der Waals surface area (Å²) in [7, 11) is 3.27. The van der Waals surface area contributed by atoms with Crippen molar-refractivity contribution in [1.82, 2.24) is 10.3 Å². The predicted molar refractivity (Wildman–Crippen MR) is 93.9 cm³/mol. The van der Waals surface area contributed by atoms with E-state index in [9.17, 15) is 4.79 Å². The molecule has 0 fully saturated rings. The van der Waals surface area contributed by atoms with Crippen LogP contribution in [-0.4, -0.2) is 31.7 Å². The van der Waals surface area contributed by atoms with Gasteiger partial charge in [-0.2, -0.15) is 0 Å². The first-order valence-electron chi connectivity index (χ1n) is 7.77. The van der Waals surface area contributed by atoms with E-state index >= 15 is 0 Å². The van der Waals surface area contributed by atoms with Gasteiger partial charge in [-0.25, -0.2) is 0 Å². The van der Waals surface area contributed by atoms with Crippen molar-refractivity contribution in [3.63, 3.8) is 0 Å². The highest BCUT2D eigenvalue weighted by Gasteiger charge is 2.09. The number of carbonyl (C=O) groups is 1. The Morgan fingerprint density at radius 2 is 1.83 bits per heavy atom. The third-order valence-corrected chi connectivity index (χ3v) is 3.91. The molecule has 0 saturated carbocycles. The van der Waals surface area contributed by atoms with Crippen LogP contribution in [0.2, 0.25) is 0 Å². The smallest absolute Gasteiger partial charge is 0.267 e. The van der Waals surface area contributed by atoms with Crippen molar-refractivity contribution in [2.24, 2.45) is 0 Å². The van der Waals surface area contributed by atoms with Crippen LogP contribution in [0.4, 0.5) is 0 Å². The van der Waals surface area contributed by atoms with Gasteiger partial charge >= 0.3 is 0 Å². The number of rotatable bonds is 6. The first kappa shape index (κ1) is 15.9. The van der Waals surface area contributed by atoms with Crippen molar-refractivity contribution in [3.05, 3.63) is 59.8 Å². The van der Waals surface area contributed by atoms with Gasteiger partial charge in [0.2, 0.25) is 0 Å². The summed E-state index contributed by atoms with van der Waals surface area (Å²) in [6.45, 7) is 0.560. The van der Waals surface area contributed by atoms with E-state index in [-0.39, 0.29) is 5.91 Å². The Hall–Kier alpha value is -2.95. The summed E-state index contributed by atoms with van der Waals surface area (Å²) in [5, 5.41) is 3.88. The average molecular weight is 324 g/mol. The van der Waals surface area contributed by atoms with E-state index in [1.165, 1.54) is 0 Å². The molecule has 5 nitrogen and oxygen atoms in total. The van der Waals surface area contributed by atoms with Crippen LogP contribution in [0.1, 0.15) is 16.1 Å². The van der Waals surface area contributed by atoms with Crippen molar-refractivity contribution in [2.75, 3.05) is 20.8 Å². The fraction of sp³-hybridized carbons (Fsp3) is 0.211. The molecule has 3 aromatic rings. The number of amides is 1. The molecule has 5 heteroatoms. The highest BCUT2D eigenvalue weighted by molar-refractivity contribution is 5.98. The molecular weight excluding hydrogens is 304 g/mol. The molecule has 0 atom stereocenters. The van der Waals surface area contributed by atoms with Crippen LogP contribution in [0.25, 0.3) is 10.9 Å². The minimum absolute atomic E-state index is 0.118. The second-order valence-electron chi connectivity index (χ2n) is 5.49. The third kappa shape index (κ3) is 3.51. The molecule has 24 heavy (non-hydrogen) atoms. The maximum atomic E-state index is 12.3. The molecule has 0 aliphatic rings. The molecule has 3 rings (SSSR count). The van der Waals surface area contributed by atoms with Crippen LogP contribution >= 0.6 is 0 Å². The van der Waals surface area contributed by atoms with E-state index in [0.29, 0.717) is 12.2 Å². The number of nitrogens with one attached hydrogen (secondary N) is 2. The molecule has 0 radical (unpaired) electrons. The van der Waals surface area contributed by atoms with Crippen LogP contribution in [0, 0.1) is 0 Å². The molecule has 0 saturated heterocycles. The Morgan fingerprint density at radius 1 is 1.04 bits per heavy atom. The van der Waals surface area contributed by atoms with E-state index in [1.807, 2.05) is 48.5 Å². The SMILES string of the molecule is COc1cccc(CCNC(=O)c2cc3cc(OC)ccc3[nH]2)c1. The first-order valence-corrected chi connectivity index (χ1v) is 7.77. The Labute approximate surface area is 140 Å². The summed E-state index contributed by atoms with van der Waals surface area (Å²) < 4.78 is 10.4. The lowest BCUT2D eigenvalue weighted by molar-refractivity contribution is 0.0950. The van der Waals surface area contributed by atoms with Gasteiger partial charge in [0.25, 0.3) is 5.91 Å². The zero-order chi connectivity index (χ0) is 16.9.